The van der Waals surface area contributed by atoms with Crippen molar-refractivity contribution in [1.82, 2.24) is 0 Å². The van der Waals surface area contributed by atoms with Crippen LogP contribution in [0.25, 0.3) is 0 Å². The molecule has 0 fully saturated rings. The minimum Gasteiger partial charge on any atom is -0.277 e. The predicted octanol–water partition coefficient (Wildman–Crippen LogP) is 4.54. The van der Waals surface area contributed by atoms with Crippen molar-refractivity contribution in [1.29, 1.82) is 5.26 Å². The Bertz CT molecular complexity index is 827. The van der Waals surface area contributed by atoms with E-state index >= 15 is 0 Å². The van der Waals surface area contributed by atoms with Crippen LogP contribution >= 0.6 is 43.5 Å². The lowest BCUT2D eigenvalue weighted by Gasteiger charge is -2.12. The molecular weight excluding hydrogens is 443 g/mol. The highest BCUT2D eigenvalue weighted by molar-refractivity contribution is 9.11. The quantitative estimate of drug-likeness (QED) is 0.747. The van der Waals surface area contributed by atoms with E-state index in [1.165, 1.54) is 18.2 Å². The molecule has 21 heavy (non-hydrogen) atoms. The second-order valence-corrected chi connectivity index (χ2v) is 7.73. The van der Waals surface area contributed by atoms with E-state index in [9.17, 15) is 8.42 Å². The Kier molecular flexibility index (Phi) is 4.94. The minimum atomic E-state index is -3.87. The Morgan fingerprint density at radius 2 is 1.76 bits per heavy atom. The summed E-state index contributed by atoms with van der Waals surface area (Å²) in [6, 6.07) is 11.1. The zero-order valence-corrected chi connectivity index (χ0v) is 15.0. The minimum absolute atomic E-state index is 0.00951. The molecular formula is C13H7Br2ClN2O2S. The summed E-state index contributed by atoms with van der Waals surface area (Å²) >= 11 is 12.5. The summed E-state index contributed by atoms with van der Waals surface area (Å²) in [5.41, 5.74) is 0.666. The molecule has 0 saturated carbocycles. The van der Waals surface area contributed by atoms with Gasteiger partial charge in [-0.05, 0) is 62.2 Å². The molecule has 1 N–H and O–H groups in total. The fourth-order valence-corrected chi connectivity index (χ4v) is 4.68. The van der Waals surface area contributed by atoms with Gasteiger partial charge in [0.1, 0.15) is 4.90 Å². The van der Waals surface area contributed by atoms with E-state index in [1.807, 2.05) is 6.07 Å². The SMILES string of the molecule is N#Cc1ccc(S(=O)(=O)Nc2c(Br)cccc2Br)c(Cl)c1. The van der Waals surface area contributed by atoms with Crippen LogP contribution in [0.15, 0.2) is 50.2 Å². The zero-order valence-electron chi connectivity index (χ0n) is 10.3. The second kappa shape index (κ2) is 6.36. The fourth-order valence-electron chi connectivity index (χ4n) is 1.57. The summed E-state index contributed by atoms with van der Waals surface area (Å²) in [7, 11) is -3.87. The molecule has 0 aliphatic rings. The molecule has 0 amide bonds. The highest BCUT2D eigenvalue weighted by atomic mass is 79.9. The molecule has 0 saturated heterocycles. The van der Waals surface area contributed by atoms with Crippen LogP contribution in [0.3, 0.4) is 0 Å². The standard InChI is InChI=1S/C13H7Br2ClN2O2S/c14-9-2-1-3-10(15)13(9)18-21(19,20)12-5-4-8(7-17)6-11(12)16/h1-6,18H. The topological polar surface area (TPSA) is 70.0 Å². The van der Waals surface area contributed by atoms with E-state index in [-0.39, 0.29) is 9.92 Å². The predicted molar refractivity (Wildman–Crippen MR) is 88.8 cm³/mol. The van der Waals surface area contributed by atoms with Crippen molar-refractivity contribution in [2.45, 2.75) is 4.90 Å². The third-order valence-corrected chi connectivity index (χ3v) is 5.70. The second-order valence-electron chi connectivity index (χ2n) is 3.96. The van der Waals surface area contributed by atoms with Crippen LogP contribution in [0.4, 0.5) is 5.69 Å². The first-order chi connectivity index (χ1) is 9.85. The number of nitrogens with one attached hydrogen (secondary N) is 1. The molecule has 8 heteroatoms. The summed E-state index contributed by atoms with van der Waals surface area (Å²) in [5.74, 6) is 0. The van der Waals surface area contributed by atoms with Crippen molar-refractivity contribution in [2.24, 2.45) is 0 Å². The molecule has 0 radical (unpaired) electrons. The number of hydrogen-bond acceptors (Lipinski definition) is 3. The van der Waals surface area contributed by atoms with Gasteiger partial charge in [0.2, 0.25) is 0 Å². The summed E-state index contributed by atoms with van der Waals surface area (Å²) in [4.78, 5) is -0.0918. The molecule has 0 aromatic heterocycles. The van der Waals surface area contributed by atoms with Gasteiger partial charge in [0.15, 0.2) is 0 Å². The summed E-state index contributed by atoms with van der Waals surface area (Å²) in [6.45, 7) is 0. The number of nitriles is 1. The Morgan fingerprint density at radius 1 is 1.14 bits per heavy atom. The number of rotatable bonds is 3. The maximum absolute atomic E-state index is 12.4. The average Bonchev–Trinajstić information content (AvgIpc) is 2.42. The van der Waals surface area contributed by atoms with Gasteiger partial charge >= 0.3 is 0 Å². The van der Waals surface area contributed by atoms with Gasteiger partial charge in [-0.1, -0.05) is 17.7 Å². The maximum atomic E-state index is 12.4. The summed E-state index contributed by atoms with van der Waals surface area (Å²) < 4.78 is 28.4. The number of benzene rings is 2. The molecule has 0 aliphatic carbocycles. The molecule has 0 unspecified atom stereocenters. The van der Waals surface area contributed by atoms with Crippen LogP contribution in [0, 0.1) is 11.3 Å². The van der Waals surface area contributed by atoms with E-state index in [0.717, 1.165) is 0 Å². The van der Waals surface area contributed by atoms with Crippen LogP contribution in [0.5, 0.6) is 0 Å². The molecule has 2 aromatic carbocycles. The van der Waals surface area contributed by atoms with Crippen LogP contribution in [0.2, 0.25) is 5.02 Å². The van der Waals surface area contributed by atoms with Gasteiger partial charge in [-0.3, -0.25) is 4.72 Å². The average molecular weight is 451 g/mol. The lowest BCUT2D eigenvalue weighted by Crippen LogP contribution is -2.14. The van der Waals surface area contributed by atoms with Crippen LogP contribution in [0.1, 0.15) is 5.56 Å². The normalized spacial score (nSPS) is 11.0. The number of halogens is 3. The number of para-hydroxylation sites is 1. The van der Waals surface area contributed by atoms with Crippen molar-refractivity contribution in [3.8, 4) is 6.07 Å². The molecule has 0 aliphatic heterocycles. The maximum Gasteiger partial charge on any atom is 0.263 e. The van der Waals surface area contributed by atoms with Crippen molar-refractivity contribution < 1.29 is 8.42 Å². The molecule has 0 spiro atoms. The van der Waals surface area contributed by atoms with E-state index in [2.05, 4.69) is 36.6 Å². The monoisotopic (exact) mass is 448 g/mol. The van der Waals surface area contributed by atoms with Gasteiger partial charge in [0.25, 0.3) is 10.0 Å². The Labute approximate surface area is 144 Å². The number of anilines is 1. The van der Waals surface area contributed by atoms with Crippen molar-refractivity contribution in [2.75, 3.05) is 4.72 Å². The first-order valence-corrected chi connectivity index (χ1v) is 8.96. The highest BCUT2D eigenvalue weighted by Gasteiger charge is 2.20. The number of sulfonamides is 1. The lowest BCUT2D eigenvalue weighted by molar-refractivity contribution is 0.601. The van der Waals surface area contributed by atoms with Gasteiger partial charge < -0.3 is 0 Å². The highest BCUT2D eigenvalue weighted by Crippen LogP contribution is 2.33. The van der Waals surface area contributed by atoms with Crippen LogP contribution in [-0.2, 0) is 10.0 Å². The van der Waals surface area contributed by atoms with E-state index < -0.39 is 10.0 Å². The number of hydrogen-bond donors (Lipinski definition) is 1. The lowest BCUT2D eigenvalue weighted by atomic mass is 10.2. The number of nitrogens with zero attached hydrogens (tertiary/aromatic N) is 1. The first kappa shape index (κ1) is 16.3. The summed E-state index contributed by atoms with van der Waals surface area (Å²) in [5, 5.41) is 8.77. The van der Waals surface area contributed by atoms with Crippen molar-refractivity contribution in [3.63, 3.8) is 0 Å². The fraction of sp³-hybridized carbons (Fsp3) is 0. The Hall–Kier alpha value is -1.07. The van der Waals surface area contributed by atoms with E-state index in [1.54, 1.807) is 18.2 Å². The molecule has 0 atom stereocenters. The third-order valence-electron chi connectivity index (χ3n) is 2.55. The van der Waals surface area contributed by atoms with Gasteiger partial charge in [-0.2, -0.15) is 5.26 Å². The third kappa shape index (κ3) is 3.58. The van der Waals surface area contributed by atoms with Gasteiger partial charge in [-0.25, -0.2) is 8.42 Å². The van der Waals surface area contributed by atoms with Gasteiger partial charge in [-0.15, -0.1) is 0 Å². The van der Waals surface area contributed by atoms with E-state index in [0.29, 0.717) is 20.2 Å². The molecule has 2 aromatic rings. The van der Waals surface area contributed by atoms with Crippen molar-refractivity contribution in [3.05, 3.63) is 55.9 Å². The summed E-state index contributed by atoms with van der Waals surface area (Å²) in [6.07, 6.45) is 0. The van der Waals surface area contributed by atoms with Gasteiger partial charge in [0.05, 0.1) is 22.3 Å². The molecule has 4 nitrogen and oxygen atoms in total. The van der Waals surface area contributed by atoms with Crippen LogP contribution in [-0.4, -0.2) is 8.42 Å². The molecule has 0 heterocycles. The van der Waals surface area contributed by atoms with Crippen molar-refractivity contribution >= 4 is 59.2 Å². The van der Waals surface area contributed by atoms with Gasteiger partial charge in [0, 0.05) is 8.95 Å². The molecule has 0 bridgehead atoms. The molecule has 2 rings (SSSR count). The Balaban J connectivity index is 2.47. The Morgan fingerprint density at radius 3 is 2.29 bits per heavy atom. The van der Waals surface area contributed by atoms with Crippen LogP contribution < -0.4 is 4.72 Å². The van der Waals surface area contributed by atoms with E-state index in [4.69, 9.17) is 16.9 Å². The zero-order chi connectivity index (χ0) is 15.6. The molecule has 108 valence electrons. The largest absolute Gasteiger partial charge is 0.277 e. The smallest absolute Gasteiger partial charge is 0.263 e. The first-order valence-electron chi connectivity index (χ1n) is 5.51.